The van der Waals surface area contributed by atoms with E-state index in [1.165, 1.54) is 17.7 Å². The summed E-state index contributed by atoms with van der Waals surface area (Å²) in [5.74, 6) is 2.68. The fourth-order valence-corrected chi connectivity index (χ4v) is 3.07. The highest BCUT2D eigenvalue weighted by atomic mass is 32.2. The molecule has 0 N–H and O–H groups in total. The lowest BCUT2D eigenvalue weighted by Crippen LogP contribution is -2.36. The zero-order valence-corrected chi connectivity index (χ0v) is 13.3. The molecule has 4 heteroatoms. The van der Waals surface area contributed by atoms with Crippen molar-refractivity contribution in [3.05, 3.63) is 24.3 Å². The highest BCUT2D eigenvalue weighted by Gasteiger charge is 2.32. The van der Waals surface area contributed by atoms with Gasteiger partial charge in [-0.25, -0.2) is 0 Å². The minimum absolute atomic E-state index is 0.255. The van der Waals surface area contributed by atoms with Crippen molar-refractivity contribution in [1.29, 1.82) is 0 Å². The maximum atomic E-state index is 12.1. The molecule has 0 aliphatic heterocycles. The molecule has 1 aromatic carbocycles. The number of ether oxygens (including phenoxy) is 1. The highest BCUT2D eigenvalue weighted by Crippen LogP contribution is 2.34. The summed E-state index contributed by atoms with van der Waals surface area (Å²) in [6, 6.07) is 8.36. The summed E-state index contributed by atoms with van der Waals surface area (Å²) < 4.78 is 5.13. The van der Waals surface area contributed by atoms with Crippen molar-refractivity contribution in [2.24, 2.45) is 5.92 Å². The van der Waals surface area contributed by atoms with Crippen LogP contribution in [0.3, 0.4) is 0 Å². The molecule has 1 aliphatic rings. The van der Waals surface area contributed by atoms with Crippen LogP contribution in [0.1, 0.15) is 26.2 Å². The van der Waals surface area contributed by atoms with E-state index in [1.54, 1.807) is 18.9 Å². The number of hydrogen-bond acceptors (Lipinski definition) is 3. The zero-order chi connectivity index (χ0) is 14.5. The van der Waals surface area contributed by atoms with Crippen LogP contribution in [-0.2, 0) is 4.79 Å². The van der Waals surface area contributed by atoms with Gasteiger partial charge in [-0.05, 0) is 49.9 Å². The number of carbonyl (C=O) groups is 1. The molecule has 0 aromatic heterocycles. The Bertz CT molecular complexity index is 442. The van der Waals surface area contributed by atoms with Crippen molar-refractivity contribution >= 4 is 17.7 Å². The molecule has 2 rings (SSSR count). The molecule has 3 nitrogen and oxygen atoms in total. The van der Waals surface area contributed by atoms with Crippen LogP contribution in [0, 0.1) is 5.92 Å². The van der Waals surface area contributed by atoms with Crippen molar-refractivity contribution in [1.82, 2.24) is 4.90 Å². The topological polar surface area (TPSA) is 29.5 Å². The van der Waals surface area contributed by atoms with E-state index < -0.39 is 0 Å². The van der Waals surface area contributed by atoms with Gasteiger partial charge in [0.05, 0.1) is 7.11 Å². The van der Waals surface area contributed by atoms with Crippen LogP contribution < -0.4 is 4.74 Å². The van der Waals surface area contributed by atoms with Crippen LogP contribution in [0.2, 0.25) is 0 Å². The maximum absolute atomic E-state index is 12.1. The Morgan fingerprint density at radius 1 is 1.40 bits per heavy atom. The van der Waals surface area contributed by atoms with Gasteiger partial charge in [0, 0.05) is 30.2 Å². The average molecular weight is 293 g/mol. The van der Waals surface area contributed by atoms with Gasteiger partial charge in [-0.2, -0.15) is 0 Å². The van der Waals surface area contributed by atoms with Crippen molar-refractivity contribution in [2.45, 2.75) is 37.1 Å². The second kappa shape index (κ2) is 7.02. The van der Waals surface area contributed by atoms with E-state index in [4.69, 9.17) is 4.74 Å². The summed E-state index contributed by atoms with van der Waals surface area (Å²) in [6.07, 6.45) is 3.16. The van der Waals surface area contributed by atoms with Gasteiger partial charge in [-0.1, -0.05) is 0 Å². The quantitative estimate of drug-likeness (QED) is 0.721. The summed E-state index contributed by atoms with van der Waals surface area (Å²) in [6.45, 7) is 2.16. The van der Waals surface area contributed by atoms with Gasteiger partial charge in [0.1, 0.15) is 5.75 Å². The summed E-state index contributed by atoms with van der Waals surface area (Å²) in [4.78, 5) is 15.2. The normalized spacial score (nSPS) is 15.8. The lowest BCUT2D eigenvalue weighted by molar-refractivity contribution is -0.131. The van der Waals surface area contributed by atoms with Gasteiger partial charge < -0.3 is 9.64 Å². The molecular formula is C16H23NO2S. The van der Waals surface area contributed by atoms with Crippen molar-refractivity contribution in [3.63, 3.8) is 0 Å². The van der Waals surface area contributed by atoms with E-state index in [2.05, 4.69) is 6.92 Å². The molecule has 110 valence electrons. The number of nitrogens with zero attached hydrogens (tertiary/aromatic N) is 1. The van der Waals surface area contributed by atoms with Crippen LogP contribution in [0.5, 0.6) is 5.75 Å². The van der Waals surface area contributed by atoms with Gasteiger partial charge in [0.15, 0.2) is 0 Å². The highest BCUT2D eigenvalue weighted by molar-refractivity contribution is 7.99. The summed E-state index contributed by atoms with van der Waals surface area (Å²) in [7, 11) is 3.60. The van der Waals surface area contributed by atoms with E-state index in [-0.39, 0.29) is 5.91 Å². The van der Waals surface area contributed by atoms with Crippen molar-refractivity contribution < 1.29 is 9.53 Å². The van der Waals surface area contributed by atoms with Crippen LogP contribution in [0.4, 0.5) is 0 Å². The molecule has 1 amide bonds. The molecule has 0 bridgehead atoms. The Morgan fingerprint density at radius 3 is 2.60 bits per heavy atom. The van der Waals surface area contributed by atoms with Crippen LogP contribution in [-0.4, -0.2) is 36.8 Å². The number of rotatable bonds is 7. The third kappa shape index (κ3) is 4.17. The predicted molar refractivity (Wildman–Crippen MR) is 83.3 cm³/mol. The maximum Gasteiger partial charge on any atom is 0.223 e. The van der Waals surface area contributed by atoms with Gasteiger partial charge in [-0.15, -0.1) is 11.8 Å². The third-order valence-corrected chi connectivity index (χ3v) is 4.97. The van der Waals surface area contributed by atoms with E-state index >= 15 is 0 Å². The fourth-order valence-electron chi connectivity index (χ4n) is 2.23. The molecule has 1 saturated carbocycles. The Balaban J connectivity index is 1.72. The number of amides is 1. The smallest absolute Gasteiger partial charge is 0.223 e. The second-order valence-electron chi connectivity index (χ2n) is 5.36. The molecule has 1 aromatic rings. The van der Waals surface area contributed by atoms with Gasteiger partial charge in [-0.3, -0.25) is 4.79 Å². The molecule has 1 atom stereocenters. The number of hydrogen-bond donors (Lipinski definition) is 0. The second-order valence-corrected chi connectivity index (χ2v) is 6.52. The molecule has 1 unspecified atom stereocenters. The largest absolute Gasteiger partial charge is 0.497 e. The van der Waals surface area contributed by atoms with E-state index in [0.29, 0.717) is 12.5 Å². The number of thioether (sulfide) groups is 1. The SMILES string of the molecule is COc1ccc(SCCC(=O)N(C)C(C)C2CC2)cc1. The zero-order valence-electron chi connectivity index (χ0n) is 12.5. The Morgan fingerprint density at radius 2 is 2.05 bits per heavy atom. The first-order chi connectivity index (χ1) is 9.61. The molecular weight excluding hydrogens is 270 g/mol. The van der Waals surface area contributed by atoms with E-state index in [1.807, 2.05) is 36.2 Å². The summed E-state index contributed by atoms with van der Waals surface area (Å²) in [5, 5.41) is 0. The molecule has 20 heavy (non-hydrogen) atoms. The Hall–Kier alpha value is -1.16. The Labute approximate surface area is 125 Å². The molecule has 0 spiro atoms. The van der Waals surface area contributed by atoms with Crippen LogP contribution >= 0.6 is 11.8 Å². The average Bonchev–Trinajstić information content (AvgIpc) is 3.31. The molecule has 0 radical (unpaired) electrons. The fraction of sp³-hybridized carbons (Fsp3) is 0.562. The van der Waals surface area contributed by atoms with Gasteiger partial charge in [0.2, 0.25) is 5.91 Å². The van der Waals surface area contributed by atoms with Crippen molar-refractivity contribution in [3.8, 4) is 5.75 Å². The first-order valence-corrected chi connectivity index (χ1v) is 8.13. The molecule has 0 heterocycles. The van der Waals surface area contributed by atoms with Crippen molar-refractivity contribution in [2.75, 3.05) is 19.9 Å². The number of methoxy groups -OCH3 is 1. The summed E-state index contributed by atoms with van der Waals surface area (Å²) >= 11 is 1.72. The first kappa shape index (κ1) is 15.2. The van der Waals surface area contributed by atoms with Gasteiger partial charge >= 0.3 is 0 Å². The number of benzene rings is 1. The molecule has 1 aliphatic carbocycles. The molecule has 0 saturated heterocycles. The van der Waals surface area contributed by atoms with Gasteiger partial charge in [0.25, 0.3) is 0 Å². The monoisotopic (exact) mass is 293 g/mol. The lowest BCUT2D eigenvalue weighted by Gasteiger charge is -2.24. The number of carbonyl (C=O) groups excluding carboxylic acids is 1. The first-order valence-electron chi connectivity index (χ1n) is 7.14. The van der Waals surface area contributed by atoms with E-state index in [0.717, 1.165) is 17.4 Å². The minimum atomic E-state index is 0.255. The van der Waals surface area contributed by atoms with Crippen LogP contribution in [0.15, 0.2) is 29.2 Å². The summed E-state index contributed by atoms with van der Waals surface area (Å²) in [5.41, 5.74) is 0. The third-order valence-electron chi connectivity index (χ3n) is 3.95. The lowest BCUT2D eigenvalue weighted by atomic mass is 10.2. The standard InChI is InChI=1S/C16H23NO2S/c1-12(13-4-5-13)17(2)16(18)10-11-20-15-8-6-14(19-3)7-9-15/h6-9,12-13H,4-5,10-11H2,1-3H3. The minimum Gasteiger partial charge on any atom is -0.497 e. The van der Waals surface area contributed by atoms with Crippen LogP contribution in [0.25, 0.3) is 0 Å². The Kier molecular flexibility index (Phi) is 5.35. The van der Waals surface area contributed by atoms with E-state index in [9.17, 15) is 4.79 Å². The predicted octanol–water partition coefficient (Wildman–Crippen LogP) is 3.43. The molecule has 1 fully saturated rings.